The third-order valence-electron chi connectivity index (χ3n) is 6.52. The Morgan fingerprint density at radius 1 is 1.00 bits per heavy atom. The van der Waals surface area contributed by atoms with Crippen LogP contribution in [0.25, 0.3) is 22.2 Å². The van der Waals surface area contributed by atoms with Crippen LogP contribution in [-0.4, -0.2) is 50.5 Å². The molecule has 2 amide bonds. The number of benzene rings is 3. The molecule has 240 valence electrons. The van der Waals surface area contributed by atoms with Gasteiger partial charge in [0.2, 0.25) is 0 Å². The minimum absolute atomic E-state index is 0.140. The van der Waals surface area contributed by atoms with E-state index < -0.39 is 23.7 Å². The van der Waals surface area contributed by atoms with Gasteiger partial charge in [-0.15, -0.1) is 0 Å². The van der Waals surface area contributed by atoms with Gasteiger partial charge in [0.25, 0.3) is 5.56 Å². The summed E-state index contributed by atoms with van der Waals surface area (Å²) in [5.74, 6) is -1.71. The average Bonchev–Trinajstić information content (AvgIpc) is 3.41. The lowest BCUT2D eigenvalue weighted by Crippen LogP contribution is -2.38. The maximum atomic E-state index is 12.9. The number of aromatic nitrogens is 3. The summed E-state index contributed by atoms with van der Waals surface area (Å²) in [6.07, 6.45) is -4.61. The van der Waals surface area contributed by atoms with Crippen molar-refractivity contribution in [2.45, 2.75) is 25.2 Å². The van der Waals surface area contributed by atoms with Gasteiger partial charge in [0.15, 0.2) is 0 Å². The molecule has 3 aromatic carbocycles. The third-order valence-corrected chi connectivity index (χ3v) is 6.79. The van der Waals surface area contributed by atoms with Gasteiger partial charge in [-0.3, -0.25) is 4.79 Å². The Labute approximate surface area is 264 Å². The molecule has 11 nitrogen and oxygen atoms in total. The molecule has 6 N–H and O–H groups in total. The van der Waals surface area contributed by atoms with Crippen molar-refractivity contribution >= 4 is 34.5 Å². The van der Waals surface area contributed by atoms with Crippen molar-refractivity contribution in [3.63, 3.8) is 0 Å². The number of alkyl halides is 3. The second-order valence-corrected chi connectivity index (χ2v) is 10.2. The Hall–Kier alpha value is -5.50. The molecule has 5 rings (SSSR count). The van der Waals surface area contributed by atoms with Crippen LogP contribution in [0.1, 0.15) is 23.0 Å². The highest BCUT2D eigenvalue weighted by Crippen LogP contribution is 2.32. The number of ether oxygens (including phenoxy) is 1. The Morgan fingerprint density at radius 2 is 1.70 bits per heavy atom. The van der Waals surface area contributed by atoms with E-state index in [1.54, 1.807) is 25.3 Å². The zero-order valence-electron chi connectivity index (χ0n) is 24.0. The molecule has 0 radical (unpaired) electrons. The van der Waals surface area contributed by atoms with E-state index in [1.165, 1.54) is 0 Å². The standard InChI is InChI=1S/C29H26ClN5O4.C2HF3O2/c1-39-20-9-5-8-18(12-20)16-31-29(38)33-23(13-17-6-3-2-4-7-17)28-34-26(27(30)35-28)19-10-11-22-21(14-19)24(36)15-25(37)32-22;3-2(4,5)1(6)7/h2-12,14-15,23H,13,16H2,1H3,(H,34,35)(H2,31,33,38)(H2,32,36,37);(H,6,7)/t23-;/m0./s1. The van der Waals surface area contributed by atoms with Crippen molar-refractivity contribution in [1.29, 1.82) is 0 Å². The number of hydrogen-bond acceptors (Lipinski definition) is 6. The number of aromatic amines is 2. The summed E-state index contributed by atoms with van der Waals surface area (Å²) in [5, 5.41) is 24.0. The number of nitrogens with zero attached hydrogens (tertiary/aromatic N) is 1. The summed E-state index contributed by atoms with van der Waals surface area (Å²) in [7, 11) is 1.59. The fourth-order valence-electron chi connectivity index (χ4n) is 4.35. The van der Waals surface area contributed by atoms with Crippen LogP contribution in [0, 0.1) is 0 Å². The monoisotopic (exact) mass is 657 g/mol. The molecule has 0 fully saturated rings. The predicted octanol–water partition coefficient (Wildman–Crippen LogP) is 5.70. The number of aliphatic carboxylic acids is 1. The van der Waals surface area contributed by atoms with Gasteiger partial charge >= 0.3 is 18.2 Å². The van der Waals surface area contributed by atoms with Gasteiger partial charge in [0.1, 0.15) is 28.2 Å². The molecule has 2 heterocycles. The minimum Gasteiger partial charge on any atom is -0.507 e. The minimum atomic E-state index is -5.08. The van der Waals surface area contributed by atoms with Gasteiger partial charge in [-0.2, -0.15) is 13.2 Å². The number of hydrogen-bond donors (Lipinski definition) is 6. The van der Waals surface area contributed by atoms with Crippen LogP contribution < -0.4 is 20.9 Å². The number of imidazole rings is 1. The molecule has 2 aromatic heterocycles. The van der Waals surface area contributed by atoms with Gasteiger partial charge in [-0.25, -0.2) is 14.6 Å². The summed E-state index contributed by atoms with van der Waals surface area (Å²) in [5.41, 5.74) is 3.09. The van der Waals surface area contributed by atoms with Crippen molar-refractivity contribution in [1.82, 2.24) is 25.6 Å². The number of urea groups is 1. The van der Waals surface area contributed by atoms with Gasteiger partial charge in [-0.1, -0.05) is 60.1 Å². The first-order valence-corrected chi connectivity index (χ1v) is 13.8. The number of methoxy groups -OCH3 is 1. The van der Waals surface area contributed by atoms with Gasteiger partial charge in [-0.05, 0) is 41.8 Å². The maximum absolute atomic E-state index is 12.9. The van der Waals surface area contributed by atoms with Crippen molar-refractivity contribution in [2.75, 3.05) is 7.11 Å². The number of amides is 2. The fraction of sp³-hybridized carbons (Fsp3) is 0.161. The van der Waals surface area contributed by atoms with Crippen LogP contribution in [0.5, 0.6) is 11.5 Å². The van der Waals surface area contributed by atoms with E-state index in [2.05, 4.69) is 20.6 Å². The molecule has 0 bridgehead atoms. The van der Waals surface area contributed by atoms with Crippen LogP contribution in [0.3, 0.4) is 0 Å². The first kappa shape index (κ1) is 33.4. The number of carboxylic acids is 1. The van der Waals surface area contributed by atoms with E-state index in [-0.39, 0.29) is 16.9 Å². The van der Waals surface area contributed by atoms with Crippen molar-refractivity contribution in [2.24, 2.45) is 0 Å². The predicted molar refractivity (Wildman–Crippen MR) is 164 cm³/mol. The Kier molecular flexibility index (Phi) is 10.5. The Bertz CT molecular complexity index is 1900. The summed E-state index contributed by atoms with van der Waals surface area (Å²) in [4.78, 5) is 44.0. The number of pyridine rings is 1. The number of aromatic hydroxyl groups is 1. The topological polar surface area (TPSA) is 169 Å². The van der Waals surface area contributed by atoms with Crippen LogP contribution in [0.4, 0.5) is 18.0 Å². The zero-order valence-corrected chi connectivity index (χ0v) is 24.7. The van der Waals surface area contributed by atoms with E-state index in [1.807, 2.05) is 54.6 Å². The smallest absolute Gasteiger partial charge is 0.490 e. The highest BCUT2D eigenvalue weighted by atomic mass is 35.5. The second-order valence-electron chi connectivity index (χ2n) is 9.79. The van der Waals surface area contributed by atoms with Crippen molar-refractivity contribution < 1.29 is 37.7 Å². The molecule has 0 aliphatic heterocycles. The summed E-state index contributed by atoms with van der Waals surface area (Å²) in [6, 6.07) is 22.6. The SMILES string of the molecule is COc1cccc(CNC(=O)N[C@@H](Cc2ccccc2)c2nc(-c3ccc4[nH]c(=O)cc(O)c4c3)c(Cl)[nH]2)c1.O=C(O)C(F)(F)F. The van der Waals surface area contributed by atoms with Crippen LogP contribution in [0.15, 0.2) is 83.7 Å². The first-order chi connectivity index (χ1) is 21.8. The van der Waals surface area contributed by atoms with Crippen LogP contribution in [-0.2, 0) is 17.8 Å². The average molecular weight is 658 g/mol. The van der Waals surface area contributed by atoms with Gasteiger partial charge in [0.05, 0.1) is 18.7 Å². The lowest BCUT2D eigenvalue weighted by Gasteiger charge is -2.18. The van der Waals surface area contributed by atoms with E-state index in [0.29, 0.717) is 46.7 Å². The molecular weight excluding hydrogens is 631 g/mol. The van der Waals surface area contributed by atoms with E-state index in [0.717, 1.165) is 17.2 Å². The molecule has 5 aromatic rings. The molecule has 15 heteroatoms. The number of nitrogens with one attached hydrogen (secondary N) is 4. The number of fused-ring (bicyclic) bond motifs is 1. The van der Waals surface area contributed by atoms with Gasteiger partial charge in [0, 0.05) is 23.6 Å². The van der Waals surface area contributed by atoms with E-state index in [9.17, 15) is 27.9 Å². The zero-order chi connectivity index (χ0) is 33.4. The molecule has 46 heavy (non-hydrogen) atoms. The number of H-pyrrole nitrogens is 2. The number of carbonyl (C=O) groups is 2. The molecule has 0 saturated carbocycles. The number of halogens is 4. The van der Waals surface area contributed by atoms with Crippen LogP contribution >= 0.6 is 11.6 Å². The molecular formula is C31H27ClF3N5O6. The Morgan fingerprint density at radius 3 is 2.37 bits per heavy atom. The molecule has 0 unspecified atom stereocenters. The first-order valence-electron chi connectivity index (χ1n) is 13.5. The molecule has 0 aliphatic rings. The summed E-state index contributed by atoms with van der Waals surface area (Å²) >= 11 is 6.57. The van der Waals surface area contributed by atoms with E-state index >= 15 is 0 Å². The summed E-state index contributed by atoms with van der Waals surface area (Å²) < 4.78 is 37.0. The quantitative estimate of drug-likeness (QED) is 0.124. The molecule has 1 atom stereocenters. The van der Waals surface area contributed by atoms with Gasteiger partial charge < -0.3 is 35.6 Å². The lowest BCUT2D eigenvalue weighted by molar-refractivity contribution is -0.192. The largest absolute Gasteiger partial charge is 0.507 e. The van der Waals surface area contributed by atoms with E-state index in [4.69, 9.17) is 31.2 Å². The third kappa shape index (κ3) is 8.79. The molecule has 0 spiro atoms. The maximum Gasteiger partial charge on any atom is 0.490 e. The number of rotatable bonds is 8. The highest BCUT2D eigenvalue weighted by molar-refractivity contribution is 6.32. The molecule has 0 saturated heterocycles. The Balaban J connectivity index is 0.000000617. The van der Waals surface area contributed by atoms with Crippen molar-refractivity contribution in [3.8, 4) is 22.8 Å². The second kappa shape index (κ2) is 14.5. The van der Waals surface area contributed by atoms with Crippen LogP contribution in [0.2, 0.25) is 5.15 Å². The highest BCUT2D eigenvalue weighted by Gasteiger charge is 2.38. The van der Waals surface area contributed by atoms with Crippen molar-refractivity contribution in [3.05, 3.63) is 111 Å². The lowest BCUT2D eigenvalue weighted by atomic mass is 10.1. The normalized spacial score (nSPS) is 11.7. The number of carboxylic acid groups (broad SMARTS) is 1. The summed E-state index contributed by atoms with van der Waals surface area (Å²) in [6.45, 7) is 0.313. The number of carbonyl (C=O) groups excluding carboxylic acids is 1. The fourth-order valence-corrected chi connectivity index (χ4v) is 4.60. The molecule has 0 aliphatic carbocycles.